The number of carbonyl (C=O) groups is 1. The number of nitrogens with zero attached hydrogens (tertiary/aromatic N) is 5. The molecule has 0 spiro atoms. The Balaban J connectivity index is 1.38. The summed E-state index contributed by atoms with van der Waals surface area (Å²) in [5.74, 6) is 0.214. The molecule has 1 aromatic carbocycles. The summed E-state index contributed by atoms with van der Waals surface area (Å²) in [6.07, 6.45) is 4.81. The number of carbonyl (C=O) groups excluding carboxylic acids is 1. The number of anilines is 1. The zero-order valence-corrected chi connectivity index (χ0v) is 26.3. The van der Waals surface area contributed by atoms with Gasteiger partial charge in [0.05, 0.1) is 28.9 Å². The topological polar surface area (TPSA) is 117 Å². The number of amides is 1. The molecule has 2 aliphatic heterocycles. The van der Waals surface area contributed by atoms with Crippen LogP contribution in [0.3, 0.4) is 0 Å². The molecule has 2 fully saturated rings. The molecule has 0 radical (unpaired) electrons. The van der Waals surface area contributed by atoms with Crippen LogP contribution in [0, 0.1) is 19.8 Å². The number of nitrogens with one attached hydrogen (secondary N) is 1. The fourth-order valence-corrected chi connectivity index (χ4v) is 6.40. The molecule has 40 heavy (non-hydrogen) atoms. The van der Waals surface area contributed by atoms with Gasteiger partial charge in [0.25, 0.3) is 5.91 Å². The predicted molar refractivity (Wildman–Crippen MR) is 160 cm³/mol. The summed E-state index contributed by atoms with van der Waals surface area (Å²) in [4.78, 5) is 31.9. The van der Waals surface area contributed by atoms with Crippen molar-refractivity contribution in [3.05, 3.63) is 51.3 Å². The normalized spacial score (nSPS) is 18.9. The minimum Gasteiger partial charge on any atom is -0.396 e. The van der Waals surface area contributed by atoms with Gasteiger partial charge in [-0.2, -0.15) is 0 Å². The second-order valence-corrected chi connectivity index (χ2v) is 13.6. The van der Waals surface area contributed by atoms with E-state index in [1.807, 2.05) is 24.0 Å². The van der Waals surface area contributed by atoms with E-state index in [4.69, 9.17) is 4.84 Å². The smallest absolute Gasteiger partial charge is 0.257 e. The van der Waals surface area contributed by atoms with E-state index >= 15 is 0 Å². The second-order valence-electron chi connectivity index (χ2n) is 10.9. The third kappa shape index (κ3) is 7.19. The quantitative estimate of drug-likeness (QED) is 0.338. The zero-order valence-electron chi connectivity index (χ0n) is 23.9. The molecule has 12 heteroatoms. The van der Waals surface area contributed by atoms with Crippen molar-refractivity contribution in [1.82, 2.24) is 19.8 Å². The zero-order chi connectivity index (χ0) is 29.1. The summed E-state index contributed by atoms with van der Waals surface area (Å²) >= 11 is 3.52. The van der Waals surface area contributed by atoms with Gasteiger partial charge >= 0.3 is 0 Å². The van der Waals surface area contributed by atoms with Gasteiger partial charge in [0.1, 0.15) is 6.61 Å². The summed E-state index contributed by atoms with van der Waals surface area (Å²) in [7, 11) is -3.51. The van der Waals surface area contributed by atoms with Crippen LogP contribution in [0.2, 0.25) is 0 Å². The van der Waals surface area contributed by atoms with E-state index in [9.17, 15) is 13.2 Å². The first-order chi connectivity index (χ1) is 18.9. The third-order valence-corrected chi connectivity index (χ3v) is 9.05. The van der Waals surface area contributed by atoms with Crippen molar-refractivity contribution in [3.8, 4) is 0 Å². The van der Waals surface area contributed by atoms with E-state index in [0.717, 1.165) is 60.8 Å². The van der Waals surface area contributed by atoms with Crippen LogP contribution in [0.5, 0.6) is 0 Å². The standard InChI is InChI=1S/C28H39BrN6O4S/c1-6-39-32-25(21-7-9-23(29)10-8-21)22-11-15-35(16-12-22)28(4)13-17-34(18-14-28)26(36)24-19(2)30-27(31-20(24)3)33-40(5,37)38/h7-10,22H,6,11-18H2,1-5H3,(H,30,31,33)/b32-25-. The molecular formula is C28H39BrN6O4S. The van der Waals surface area contributed by atoms with Crippen LogP contribution in [0.1, 0.15) is 66.8 Å². The molecule has 10 nitrogen and oxygen atoms in total. The number of hydrogen-bond acceptors (Lipinski definition) is 8. The number of oxime groups is 1. The Morgan fingerprint density at radius 2 is 1.68 bits per heavy atom. The Bertz CT molecular complexity index is 1330. The number of piperidine rings is 2. The van der Waals surface area contributed by atoms with Crippen LogP contribution in [0.4, 0.5) is 5.95 Å². The highest BCUT2D eigenvalue weighted by Crippen LogP contribution is 2.34. The minimum absolute atomic E-state index is 0.0143. The van der Waals surface area contributed by atoms with Gasteiger partial charge in [-0.05, 0) is 84.2 Å². The summed E-state index contributed by atoms with van der Waals surface area (Å²) in [5, 5.41) is 4.51. The Morgan fingerprint density at radius 3 is 2.20 bits per heavy atom. The van der Waals surface area contributed by atoms with Gasteiger partial charge in [-0.3, -0.25) is 14.4 Å². The van der Waals surface area contributed by atoms with Gasteiger partial charge < -0.3 is 9.74 Å². The number of aromatic nitrogens is 2. The Morgan fingerprint density at radius 1 is 1.10 bits per heavy atom. The molecule has 0 unspecified atom stereocenters. The first kappa shape index (κ1) is 30.4. The number of likely N-dealkylation sites (tertiary alicyclic amines) is 2. The molecule has 218 valence electrons. The molecule has 4 rings (SSSR count). The van der Waals surface area contributed by atoms with Crippen LogP contribution in [-0.2, 0) is 14.9 Å². The van der Waals surface area contributed by atoms with Gasteiger partial charge in [0.15, 0.2) is 0 Å². The van der Waals surface area contributed by atoms with Gasteiger partial charge in [0, 0.05) is 29.0 Å². The van der Waals surface area contributed by atoms with Crippen molar-refractivity contribution in [1.29, 1.82) is 0 Å². The van der Waals surface area contributed by atoms with Crippen LogP contribution < -0.4 is 4.72 Å². The van der Waals surface area contributed by atoms with Crippen LogP contribution in [-0.4, -0.2) is 84.4 Å². The van der Waals surface area contributed by atoms with Crippen molar-refractivity contribution in [3.63, 3.8) is 0 Å². The van der Waals surface area contributed by atoms with E-state index in [-0.39, 0.29) is 17.4 Å². The van der Waals surface area contributed by atoms with Crippen LogP contribution in [0.25, 0.3) is 0 Å². The molecular weight excluding hydrogens is 596 g/mol. The van der Waals surface area contributed by atoms with E-state index in [1.54, 1.807) is 13.8 Å². The molecule has 0 bridgehead atoms. The number of hydrogen-bond donors (Lipinski definition) is 1. The number of rotatable bonds is 8. The van der Waals surface area contributed by atoms with E-state index in [0.29, 0.717) is 42.6 Å². The summed E-state index contributed by atoms with van der Waals surface area (Å²) in [6.45, 7) is 11.5. The largest absolute Gasteiger partial charge is 0.396 e. The molecule has 2 aromatic rings. The third-order valence-electron chi connectivity index (χ3n) is 7.97. The lowest BCUT2D eigenvalue weighted by molar-refractivity contribution is 0.0161. The van der Waals surface area contributed by atoms with Gasteiger partial charge in [-0.1, -0.05) is 33.2 Å². The lowest BCUT2D eigenvalue weighted by atomic mass is 9.82. The lowest BCUT2D eigenvalue weighted by Gasteiger charge is -2.49. The Labute approximate surface area is 245 Å². The maximum atomic E-state index is 13.5. The second kappa shape index (κ2) is 12.5. The Hall–Kier alpha value is -2.57. The summed E-state index contributed by atoms with van der Waals surface area (Å²) in [5.41, 5.74) is 3.51. The number of aryl methyl sites for hydroxylation is 2. The molecule has 0 saturated carbocycles. The van der Waals surface area contributed by atoms with Gasteiger partial charge in [-0.15, -0.1) is 0 Å². The van der Waals surface area contributed by atoms with Crippen LogP contribution in [0.15, 0.2) is 33.9 Å². The summed E-state index contributed by atoms with van der Waals surface area (Å²) in [6, 6.07) is 8.26. The van der Waals surface area contributed by atoms with Crippen LogP contribution >= 0.6 is 15.9 Å². The monoisotopic (exact) mass is 634 g/mol. The van der Waals surface area contributed by atoms with E-state index in [1.165, 1.54) is 0 Å². The van der Waals surface area contributed by atoms with Crippen molar-refractivity contribution < 1.29 is 18.0 Å². The van der Waals surface area contributed by atoms with E-state index < -0.39 is 10.0 Å². The highest BCUT2D eigenvalue weighted by molar-refractivity contribution is 9.10. The minimum atomic E-state index is -3.51. The molecule has 2 aliphatic rings. The van der Waals surface area contributed by atoms with Crippen molar-refractivity contribution in [2.45, 2.75) is 58.9 Å². The lowest BCUT2D eigenvalue weighted by Crippen LogP contribution is -2.56. The average Bonchev–Trinajstić information content (AvgIpc) is 2.89. The predicted octanol–water partition coefficient (Wildman–Crippen LogP) is 4.37. The maximum Gasteiger partial charge on any atom is 0.257 e. The van der Waals surface area contributed by atoms with Crippen molar-refractivity contribution in [2.75, 3.05) is 43.8 Å². The SMILES string of the molecule is CCO/N=C(/c1ccc(Br)cc1)C1CCN(C2(C)CCN(C(=O)c3c(C)nc(NS(C)(=O)=O)nc3C)CC2)CC1. The highest BCUT2D eigenvalue weighted by atomic mass is 79.9. The average molecular weight is 636 g/mol. The first-order valence-electron chi connectivity index (χ1n) is 13.7. The van der Waals surface area contributed by atoms with Gasteiger partial charge in [-0.25, -0.2) is 18.4 Å². The van der Waals surface area contributed by atoms with E-state index in [2.05, 4.69) is 59.7 Å². The summed E-state index contributed by atoms with van der Waals surface area (Å²) < 4.78 is 26.5. The van der Waals surface area contributed by atoms with Crippen molar-refractivity contribution in [2.24, 2.45) is 11.1 Å². The fraction of sp³-hybridized carbons (Fsp3) is 0.571. The molecule has 1 aromatic heterocycles. The maximum absolute atomic E-state index is 13.5. The number of halogens is 1. The number of benzene rings is 1. The Kier molecular flexibility index (Phi) is 9.51. The first-order valence-corrected chi connectivity index (χ1v) is 16.4. The number of sulfonamides is 1. The fourth-order valence-electron chi connectivity index (χ4n) is 5.71. The highest BCUT2D eigenvalue weighted by Gasteiger charge is 2.40. The molecule has 1 amide bonds. The molecule has 0 atom stereocenters. The molecule has 0 aliphatic carbocycles. The molecule has 1 N–H and O–H groups in total. The molecule has 2 saturated heterocycles. The van der Waals surface area contributed by atoms with Crippen molar-refractivity contribution >= 4 is 43.5 Å². The van der Waals surface area contributed by atoms with Gasteiger partial charge in [0.2, 0.25) is 16.0 Å². The molecule has 3 heterocycles.